The average molecular weight is 555 g/mol. The summed E-state index contributed by atoms with van der Waals surface area (Å²) in [6, 6.07) is 21.7. The third-order valence-corrected chi connectivity index (χ3v) is 6.64. The molecule has 0 fully saturated rings. The Hall–Kier alpha value is -5.16. The number of hydrogen-bond acceptors (Lipinski definition) is 10. The van der Waals surface area contributed by atoms with Gasteiger partial charge in [-0.3, -0.25) is 9.40 Å². The van der Waals surface area contributed by atoms with Gasteiger partial charge in [-0.25, -0.2) is 20.1 Å². The van der Waals surface area contributed by atoms with Crippen molar-refractivity contribution in [1.82, 2.24) is 15.0 Å². The van der Waals surface area contributed by atoms with E-state index in [0.29, 0.717) is 41.6 Å². The molecule has 0 amide bonds. The molecule has 2 aromatic heterocycles. The van der Waals surface area contributed by atoms with E-state index >= 15 is 0 Å². The van der Waals surface area contributed by atoms with E-state index in [-0.39, 0.29) is 24.9 Å². The predicted octanol–water partition coefficient (Wildman–Crippen LogP) is 4.60. The molecule has 5 aromatic rings. The summed E-state index contributed by atoms with van der Waals surface area (Å²) in [4.78, 5) is 38.7. The highest BCUT2D eigenvalue weighted by Crippen LogP contribution is 2.29. The fourth-order valence-electron chi connectivity index (χ4n) is 4.71. The van der Waals surface area contributed by atoms with Crippen molar-refractivity contribution in [3.8, 4) is 17.1 Å². The number of carbonyl (C=O) groups is 1. The van der Waals surface area contributed by atoms with Gasteiger partial charge in [-0.1, -0.05) is 54.6 Å². The van der Waals surface area contributed by atoms with Crippen LogP contribution >= 0.6 is 0 Å². The number of hydrogen-bond donors (Lipinski definition) is 1. The molecule has 0 radical (unpaired) electrons. The summed E-state index contributed by atoms with van der Waals surface area (Å²) in [6.45, 7) is 4.28. The van der Waals surface area contributed by atoms with Crippen LogP contribution in [-0.4, -0.2) is 34.7 Å². The predicted molar refractivity (Wildman–Crippen MR) is 149 cm³/mol. The van der Waals surface area contributed by atoms with E-state index in [0.717, 1.165) is 22.3 Å². The maximum Gasteiger partial charge on any atom is 0.519 e. The lowest BCUT2D eigenvalue weighted by Gasteiger charge is -2.13. The molecule has 0 atom stereocenters. The summed E-state index contributed by atoms with van der Waals surface area (Å²) >= 11 is 0. The molecule has 0 saturated heterocycles. The summed E-state index contributed by atoms with van der Waals surface area (Å²) in [5.74, 6) is -0.328. The van der Waals surface area contributed by atoms with Crippen molar-refractivity contribution < 1.29 is 27.9 Å². The Balaban J connectivity index is 1.31. The van der Waals surface area contributed by atoms with Crippen LogP contribution in [0.4, 0.5) is 0 Å². The van der Waals surface area contributed by atoms with Gasteiger partial charge in [0.15, 0.2) is 30.7 Å². The fraction of sp³-hybridized carbons (Fsp3) is 0.200. The largest absolute Gasteiger partial charge is 0.519 e. The van der Waals surface area contributed by atoms with E-state index < -0.39 is 11.8 Å². The quantitative estimate of drug-likeness (QED) is 0.260. The van der Waals surface area contributed by atoms with Crippen molar-refractivity contribution in [3.63, 3.8) is 0 Å². The highest BCUT2D eigenvalue weighted by Gasteiger charge is 2.22. The van der Waals surface area contributed by atoms with Crippen molar-refractivity contribution >= 4 is 22.8 Å². The van der Waals surface area contributed by atoms with Gasteiger partial charge in [-0.2, -0.15) is 4.98 Å². The molecule has 1 aliphatic rings. The Bertz CT molecular complexity index is 1810. The maximum atomic E-state index is 13.2. The molecule has 208 valence electrons. The van der Waals surface area contributed by atoms with Crippen LogP contribution in [0.25, 0.3) is 22.2 Å². The SMILES string of the molecule is CCOc1nc2cccc(C(=O)OCc3oc(=O)oc3C)c2n1Cc1ccc(-c2ccccc2C2=NCON2)cc1. The molecule has 0 aliphatic carbocycles. The molecule has 41 heavy (non-hydrogen) atoms. The Morgan fingerprint density at radius 2 is 1.83 bits per heavy atom. The van der Waals surface area contributed by atoms with Crippen LogP contribution < -0.4 is 16.0 Å². The Kier molecular flexibility index (Phi) is 7.09. The monoisotopic (exact) mass is 554 g/mol. The Morgan fingerprint density at radius 3 is 2.54 bits per heavy atom. The summed E-state index contributed by atoms with van der Waals surface area (Å²) in [6.07, 6.45) is 0. The van der Waals surface area contributed by atoms with Crippen molar-refractivity contribution in [1.29, 1.82) is 0 Å². The van der Waals surface area contributed by atoms with Gasteiger partial charge in [0, 0.05) is 5.56 Å². The van der Waals surface area contributed by atoms with Gasteiger partial charge in [0.05, 0.1) is 29.7 Å². The van der Waals surface area contributed by atoms with Crippen LogP contribution in [0, 0.1) is 6.92 Å². The van der Waals surface area contributed by atoms with Crippen LogP contribution in [0.5, 0.6) is 6.01 Å². The van der Waals surface area contributed by atoms with Gasteiger partial charge < -0.3 is 18.3 Å². The standard InChI is InChI=1S/C30H26N4O7/c1-3-37-29-32-24-10-6-9-23(28(35)38-16-25-18(2)40-30(36)41-25)26(24)34(29)15-19-11-13-20(14-12-19)21-7-4-5-8-22(21)27-31-17-39-33-27/h4-14H,3,15-17H2,1-2H3,(H,31,33). The number of amidine groups is 1. The molecular formula is C30H26N4O7. The molecule has 1 N–H and O–H groups in total. The third kappa shape index (κ3) is 5.22. The fourth-order valence-corrected chi connectivity index (χ4v) is 4.71. The number of aryl methyl sites for hydroxylation is 1. The molecule has 0 bridgehead atoms. The minimum atomic E-state index is -0.845. The molecular weight excluding hydrogens is 528 g/mol. The molecule has 11 heteroatoms. The van der Waals surface area contributed by atoms with E-state index in [2.05, 4.69) is 15.5 Å². The maximum absolute atomic E-state index is 13.2. The number of rotatable bonds is 9. The van der Waals surface area contributed by atoms with Crippen LogP contribution in [0.2, 0.25) is 0 Å². The molecule has 1 aliphatic heterocycles. The van der Waals surface area contributed by atoms with Crippen LogP contribution in [0.15, 0.2) is 85.4 Å². The number of aromatic nitrogens is 2. The highest BCUT2D eigenvalue weighted by atomic mass is 16.7. The van der Waals surface area contributed by atoms with E-state index in [4.69, 9.17) is 23.1 Å². The van der Waals surface area contributed by atoms with Gasteiger partial charge >= 0.3 is 11.8 Å². The topological polar surface area (TPSA) is 130 Å². The molecule has 11 nitrogen and oxygen atoms in total. The lowest BCUT2D eigenvalue weighted by molar-refractivity contribution is 0.0444. The zero-order valence-electron chi connectivity index (χ0n) is 22.4. The molecule has 3 heterocycles. The number of aliphatic imine (C=N–C) groups is 1. The summed E-state index contributed by atoms with van der Waals surface area (Å²) in [5, 5.41) is 0. The van der Waals surface area contributed by atoms with Crippen molar-refractivity contribution in [2.45, 2.75) is 27.0 Å². The van der Waals surface area contributed by atoms with Crippen LogP contribution in [0.1, 0.15) is 39.9 Å². The van der Waals surface area contributed by atoms with E-state index in [1.165, 1.54) is 0 Å². The van der Waals surface area contributed by atoms with Crippen LogP contribution in [0.3, 0.4) is 0 Å². The zero-order chi connectivity index (χ0) is 28.3. The van der Waals surface area contributed by atoms with E-state index in [9.17, 15) is 9.59 Å². The van der Waals surface area contributed by atoms with Gasteiger partial charge in [0.25, 0.3) is 6.01 Å². The molecule has 0 saturated carbocycles. The molecule has 3 aromatic carbocycles. The summed E-state index contributed by atoms with van der Waals surface area (Å²) in [7, 11) is 0. The number of esters is 1. The number of benzene rings is 3. The highest BCUT2D eigenvalue weighted by molar-refractivity contribution is 6.04. The Labute approximate surface area is 233 Å². The first-order valence-corrected chi connectivity index (χ1v) is 13.0. The first-order chi connectivity index (χ1) is 20.0. The van der Waals surface area contributed by atoms with Crippen LogP contribution in [-0.2, 0) is 22.7 Å². The second-order valence-electron chi connectivity index (χ2n) is 9.22. The first kappa shape index (κ1) is 26.1. The number of imidazole rings is 1. The molecule has 0 spiro atoms. The number of nitrogens with zero attached hydrogens (tertiary/aromatic N) is 3. The number of nitrogens with one attached hydrogen (secondary N) is 1. The van der Waals surface area contributed by atoms with E-state index in [1.807, 2.05) is 66.1 Å². The lowest BCUT2D eigenvalue weighted by Crippen LogP contribution is -2.18. The van der Waals surface area contributed by atoms with Gasteiger partial charge in [-0.05, 0) is 42.7 Å². The summed E-state index contributed by atoms with van der Waals surface area (Å²) in [5.41, 5.74) is 8.30. The first-order valence-electron chi connectivity index (χ1n) is 13.0. The smallest absolute Gasteiger partial charge is 0.465 e. The normalized spacial score (nSPS) is 12.8. The van der Waals surface area contributed by atoms with Gasteiger partial charge in [-0.15, -0.1) is 0 Å². The van der Waals surface area contributed by atoms with Gasteiger partial charge in [0.2, 0.25) is 0 Å². The molecule has 0 unspecified atom stereocenters. The van der Waals surface area contributed by atoms with Crippen molar-refractivity contribution in [2.24, 2.45) is 4.99 Å². The van der Waals surface area contributed by atoms with Crippen molar-refractivity contribution in [2.75, 3.05) is 13.3 Å². The number of para-hydroxylation sites is 1. The summed E-state index contributed by atoms with van der Waals surface area (Å²) < 4.78 is 23.0. The second-order valence-corrected chi connectivity index (χ2v) is 9.22. The number of carbonyl (C=O) groups excluding carboxylic acids is 1. The second kappa shape index (κ2) is 11.1. The molecule has 6 rings (SSSR count). The Morgan fingerprint density at radius 1 is 1.02 bits per heavy atom. The average Bonchev–Trinajstić information content (AvgIpc) is 3.72. The number of ether oxygens (including phenoxy) is 2. The number of fused-ring (bicyclic) bond motifs is 1. The van der Waals surface area contributed by atoms with E-state index in [1.54, 1.807) is 19.1 Å². The number of hydroxylamine groups is 1. The van der Waals surface area contributed by atoms with Crippen molar-refractivity contribution in [3.05, 3.63) is 106 Å². The lowest BCUT2D eigenvalue weighted by atomic mass is 9.98. The van der Waals surface area contributed by atoms with Gasteiger partial charge in [0.1, 0.15) is 0 Å². The third-order valence-electron chi connectivity index (χ3n) is 6.64. The zero-order valence-corrected chi connectivity index (χ0v) is 22.4. The minimum absolute atomic E-state index is 0.156. The minimum Gasteiger partial charge on any atom is -0.465 e.